The van der Waals surface area contributed by atoms with Gasteiger partial charge in [-0.15, -0.1) is 12.2 Å². The lowest BCUT2D eigenvalue weighted by molar-refractivity contribution is -0.258. The first-order valence-electron chi connectivity index (χ1n) is 6.53. The SMILES string of the molecule is C=C1C=C[CH-]C=C1S(=O)(=O)c1ccc([C@@](C)(O)C(F)(F)F)cc1. The summed E-state index contributed by atoms with van der Waals surface area (Å²) in [5.74, 6) is 0. The Morgan fingerprint density at radius 2 is 1.74 bits per heavy atom. The first-order valence-corrected chi connectivity index (χ1v) is 8.02. The third kappa shape index (κ3) is 3.07. The molecule has 1 N–H and O–H groups in total. The van der Waals surface area contributed by atoms with Crippen molar-refractivity contribution in [2.45, 2.75) is 23.6 Å². The Kier molecular flexibility index (Phi) is 4.21. The first kappa shape index (κ1) is 17.4. The van der Waals surface area contributed by atoms with Crippen LogP contribution in [-0.4, -0.2) is 19.7 Å². The third-order valence-corrected chi connectivity index (χ3v) is 5.41. The van der Waals surface area contributed by atoms with E-state index < -0.39 is 27.2 Å². The molecule has 0 saturated carbocycles. The lowest BCUT2D eigenvalue weighted by atomic mass is 9.96. The van der Waals surface area contributed by atoms with Gasteiger partial charge in [0.25, 0.3) is 0 Å². The van der Waals surface area contributed by atoms with Gasteiger partial charge in [-0.05, 0) is 29.5 Å². The average Bonchev–Trinajstić information content (AvgIpc) is 2.46. The molecule has 0 aromatic heterocycles. The molecule has 124 valence electrons. The highest BCUT2D eigenvalue weighted by Gasteiger charge is 2.51. The fourth-order valence-corrected chi connectivity index (χ4v) is 3.43. The van der Waals surface area contributed by atoms with Crippen molar-refractivity contribution in [3.63, 3.8) is 0 Å². The van der Waals surface area contributed by atoms with Crippen LogP contribution in [0.15, 0.2) is 64.4 Å². The van der Waals surface area contributed by atoms with Crippen LogP contribution < -0.4 is 0 Å². The van der Waals surface area contributed by atoms with Crippen LogP contribution in [0.2, 0.25) is 0 Å². The van der Waals surface area contributed by atoms with Crippen molar-refractivity contribution >= 4 is 9.84 Å². The minimum atomic E-state index is -4.87. The maximum absolute atomic E-state index is 12.8. The molecule has 7 heteroatoms. The Balaban J connectivity index is 2.41. The molecule has 2 rings (SSSR count). The van der Waals surface area contributed by atoms with Crippen molar-refractivity contribution in [3.05, 3.63) is 71.5 Å². The van der Waals surface area contributed by atoms with E-state index in [1.54, 1.807) is 6.08 Å². The maximum Gasteiger partial charge on any atom is 0.421 e. The molecule has 0 radical (unpaired) electrons. The number of sulfone groups is 1. The summed E-state index contributed by atoms with van der Waals surface area (Å²) < 4.78 is 63.4. The van der Waals surface area contributed by atoms with Crippen LogP contribution in [0.5, 0.6) is 0 Å². The summed E-state index contributed by atoms with van der Waals surface area (Å²) in [6.07, 6.45) is 1.19. The molecule has 23 heavy (non-hydrogen) atoms. The number of alkyl halides is 3. The number of halogens is 3. The van der Waals surface area contributed by atoms with E-state index >= 15 is 0 Å². The second-order valence-corrected chi connectivity index (χ2v) is 7.12. The van der Waals surface area contributed by atoms with Crippen molar-refractivity contribution in [2.24, 2.45) is 0 Å². The van der Waals surface area contributed by atoms with Crippen molar-refractivity contribution in [1.82, 2.24) is 0 Å². The largest absolute Gasteiger partial charge is 0.421 e. The molecule has 0 saturated heterocycles. The Morgan fingerprint density at radius 3 is 2.22 bits per heavy atom. The Bertz CT molecular complexity index is 783. The van der Waals surface area contributed by atoms with Gasteiger partial charge in [-0.2, -0.15) is 37.8 Å². The van der Waals surface area contributed by atoms with Crippen LogP contribution in [0.4, 0.5) is 13.2 Å². The molecule has 1 aromatic rings. The van der Waals surface area contributed by atoms with Crippen LogP contribution >= 0.6 is 0 Å². The highest BCUT2D eigenvalue weighted by atomic mass is 32.2. The molecule has 0 spiro atoms. The molecule has 1 aliphatic rings. The second-order valence-electron chi connectivity index (χ2n) is 5.21. The molecule has 0 amide bonds. The van der Waals surface area contributed by atoms with Crippen molar-refractivity contribution < 1.29 is 26.7 Å². The van der Waals surface area contributed by atoms with Crippen LogP contribution in [0.25, 0.3) is 0 Å². The fourth-order valence-electron chi connectivity index (χ4n) is 2.02. The molecule has 0 bridgehead atoms. The smallest absolute Gasteiger partial charge is 0.376 e. The minimum Gasteiger partial charge on any atom is -0.376 e. The summed E-state index contributed by atoms with van der Waals surface area (Å²) in [4.78, 5) is -0.189. The van der Waals surface area contributed by atoms with Crippen LogP contribution in [0.1, 0.15) is 12.5 Å². The predicted octanol–water partition coefficient (Wildman–Crippen LogP) is 3.44. The lowest BCUT2D eigenvalue weighted by Crippen LogP contribution is -2.39. The number of allylic oxidation sites excluding steroid dienone is 4. The molecule has 0 aliphatic heterocycles. The second kappa shape index (κ2) is 5.58. The third-order valence-electron chi connectivity index (χ3n) is 3.54. The van der Waals surface area contributed by atoms with E-state index in [4.69, 9.17) is 0 Å². The fraction of sp³-hybridized carbons (Fsp3) is 0.188. The minimum absolute atomic E-state index is 0.0182. The summed E-state index contributed by atoms with van der Waals surface area (Å²) in [7, 11) is -3.89. The van der Waals surface area contributed by atoms with E-state index in [9.17, 15) is 26.7 Å². The summed E-state index contributed by atoms with van der Waals surface area (Å²) in [5.41, 5.74) is -3.20. The summed E-state index contributed by atoms with van der Waals surface area (Å²) in [6.45, 7) is 4.25. The number of benzene rings is 1. The van der Waals surface area contributed by atoms with Gasteiger partial charge < -0.3 is 5.11 Å². The number of hydrogen-bond acceptors (Lipinski definition) is 3. The van der Waals surface area contributed by atoms with E-state index in [2.05, 4.69) is 6.58 Å². The summed E-state index contributed by atoms with van der Waals surface area (Å²) >= 11 is 0. The lowest BCUT2D eigenvalue weighted by Gasteiger charge is -2.27. The zero-order valence-electron chi connectivity index (χ0n) is 12.1. The molecule has 0 unspecified atom stereocenters. The highest BCUT2D eigenvalue weighted by Crippen LogP contribution is 2.39. The molecule has 0 heterocycles. The molecule has 1 aromatic carbocycles. The normalized spacial score (nSPS) is 18.1. The van der Waals surface area contributed by atoms with E-state index in [0.29, 0.717) is 12.5 Å². The van der Waals surface area contributed by atoms with Gasteiger partial charge >= 0.3 is 6.18 Å². The summed E-state index contributed by atoms with van der Waals surface area (Å²) in [5, 5.41) is 9.59. The number of aliphatic hydroxyl groups is 1. The molecule has 3 nitrogen and oxygen atoms in total. The monoisotopic (exact) mass is 343 g/mol. The van der Waals surface area contributed by atoms with Crippen LogP contribution in [0, 0.1) is 6.42 Å². The zero-order chi connectivity index (χ0) is 17.5. The van der Waals surface area contributed by atoms with E-state index in [-0.39, 0.29) is 9.80 Å². The van der Waals surface area contributed by atoms with Crippen molar-refractivity contribution in [2.75, 3.05) is 0 Å². The molecule has 1 atom stereocenters. The Morgan fingerprint density at radius 1 is 1.17 bits per heavy atom. The summed E-state index contributed by atoms with van der Waals surface area (Å²) in [6, 6.07) is 3.98. The topological polar surface area (TPSA) is 54.4 Å². The van der Waals surface area contributed by atoms with Crippen LogP contribution in [-0.2, 0) is 15.4 Å². The molecular weight excluding hydrogens is 329 g/mol. The predicted molar refractivity (Wildman–Crippen MR) is 79.9 cm³/mol. The quantitative estimate of drug-likeness (QED) is 0.856. The van der Waals surface area contributed by atoms with Gasteiger partial charge in [-0.3, -0.25) is 0 Å². The van der Waals surface area contributed by atoms with Gasteiger partial charge in [0, 0.05) is 0 Å². The number of rotatable bonds is 3. The number of hydrogen-bond donors (Lipinski definition) is 1. The molecular formula is C16H14F3O3S-. The molecule has 1 aliphatic carbocycles. The van der Waals surface area contributed by atoms with Crippen molar-refractivity contribution in [1.29, 1.82) is 0 Å². The molecule has 0 fully saturated rings. The van der Waals surface area contributed by atoms with Gasteiger partial charge in [0.2, 0.25) is 0 Å². The Hall–Kier alpha value is -1.99. The van der Waals surface area contributed by atoms with Gasteiger partial charge in [-0.1, -0.05) is 12.1 Å². The average molecular weight is 343 g/mol. The standard InChI is InChI=1S/C16H14F3O3S/c1-11-5-3-4-6-14(11)23(21,22)13-9-7-12(8-10-13)15(2,20)16(17,18)19/h3-10,20H,1H2,2H3/q-1/t15-/m1/s1. The first-order chi connectivity index (χ1) is 10.5. The highest BCUT2D eigenvalue weighted by molar-refractivity contribution is 7.95. The van der Waals surface area contributed by atoms with Crippen LogP contribution in [0.3, 0.4) is 0 Å². The maximum atomic E-state index is 12.8. The van der Waals surface area contributed by atoms with E-state index in [1.807, 2.05) is 0 Å². The Labute approximate surface area is 132 Å². The van der Waals surface area contributed by atoms with E-state index in [1.165, 1.54) is 18.6 Å². The zero-order valence-corrected chi connectivity index (χ0v) is 12.9. The van der Waals surface area contributed by atoms with Crippen molar-refractivity contribution in [3.8, 4) is 0 Å². The van der Waals surface area contributed by atoms with Gasteiger partial charge in [-0.25, -0.2) is 8.42 Å². The van der Waals surface area contributed by atoms with Gasteiger partial charge in [0.15, 0.2) is 15.4 Å². The van der Waals surface area contributed by atoms with Gasteiger partial charge in [0.1, 0.15) is 0 Å². The van der Waals surface area contributed by atoms with Gasteiger partial charge in [0.05, 0.1) is 4.90 Å². The van der Waals surface area contributed by atoms with E-state index in [0.717, 1.165) is 24.3 Å².